The number of carbonyl (C=O) groups is 1. The van der Waals surface area contributed by atoms with Crippen molar-refractivity contribution in [1.82, 2.24) is 5.32 Å². The molecule has 2 rings (SSSR count). The van der Waals surface area contributed by atoms with E-state index in [1.54, 1.807) is 6.26 Å². The lowest BCUT2D eigenvalue weighted by Gasteiger charge is -2.37. The van der Waals surface area contributed by atoms with Gasteiger partial charge in [-0.2, -0.15) is 0 Å². The van der Waals surface area contributed by atoms with E-state index in [4.69, 9.17) is 9.47 Å². The molecule has 3 unspecified atom stereocenters. The molecular formula is C12H17NO3. The predicted octanol–water partition coefficient (Wildman–Crippen LogP) is 1.20. The van der Waals surface area contributed by atoms with Gasteiger partial charge in [0.2, 0.25) is 6.29 Å². The average Bonchev–Trinajstić information content (AvgIpc) is 2.29. The third-order valence-corrected chi connectivity index (χ3v) is 3.11. The Morgan fingerprint density at radius 2 is 2.56 bits per heavy atom. The molecular weight excluding hydrogens is 206 g/mol. The highest BCUT2D eigenvalue weighted by molar-refractivity contribution is 5.94. The molecule has 88 valence electrons. The van der Waals surface area contributed by atoms with Crippen molar-refractivity contribution in [2.24, 2.45) is 11.8 Å². The second kappa shape index (κ2) is 4.70. The van der Waals surface area contributed by atoms with Crippen molar-refractivity contribution < 1.29 is 14.3 Å². The van der Waals surface area contributed by atoms with E-state index in [1.165, 1.54) is 0 Å². The van der Waals surface area contributed by atoms with Crippen LogP contribution in [0.25, 0.3) is 0 Å². The van der Waals surface area contributed by atoms with Crippen molar-refractivity contribution in [2.75, 3.05) is 13.2 Å². The van der Waals surface area contributed by atoms with Gasteiger partial charge in [-0.1, -0.05) is 6.08 Å². The third kappa shape index (κ3) is 1.85. The molecule has 2 aliphatic rings. The van der Waals surface area contributed by atoms with Crippen molar-refractivity contribution >= 4 is 5.91 Å². The lowest BCUT2D eigenvalue weighted by Crippen LogP contribution is -2.44. The summed E-state index contributed by atoms with van der Waals surface area (Å²) >= 11 is 0. The molecule has 0 spiro atoms. The number of hydrogen-bond acceptors (Lipinski definition) is 3. The fourth-order valence-electron chi connectivity index (χ4n) is 2.32. The van der Waals surface area contributed by atoms with E-state index in [2.05, 4.69) is 11.9 Å². The minimum atomic E-state index is -0.304. The number of rotatable bonds is 3. The van der Waals surface area contributed by atoms with Crippen molar-refractivity contribution in [2.45, 2.75) is 19.6 Å². The zero-order valence-electron chi connectivity index (χ0n) is 9.44. The van der Waals surface area contributed by atoms with E-state index in [1.807, 2.05) is 13.0 Å². The Balaban J connectivity index is 2.22. The molecule has 0 radical (unpaired) electrons. The van der Waals surface area contributed by atoms with Gasteiger partial charge in [0.1, 0.15) is 0 Å². The van der Waals surface area contributed by atoms with Crippen LogP contribution in [0.15, 0.2) is 24.5 Å². The Hall–Kier alpha value is -1.29. The van der Waals surface area contributed by atoms with Crippen LogP contribution in [0.5, 0.6) is 0 Å². The number of carbonyl (C=O) groups excluding carboxylic acids is 1. The number of ether oxygens (including phenoxy) is 2. The lowest BCUT2D eigenvalue weighted by molar-refractivity contribution is -0.149. The van der Waals surface area contributed by atoms with E-state index in [9.17, 15) is 4.79 Å². The van der Waals surface area contributed by atoms with Crippen molar-refractivity contribution in [3.8, 4) is 0 Å². The molecule has 0 aromatic carbocycles. The summed E-state index contributed by atoms with van der Waals surface area (Å²) in [7, 11) is 0. The van der Waals surface area contributed by atoms with E-state index in [0.717, 1.165) is 6.42 Å². The second-order valence-corrected chi connectivity index (χ2v) is 4.00. The Labute approximate surface area is 95.3 Å². The molecule has 4 heteroatoms. The lowest BCUT2D eigenvalue weighted by atomic mass is 9.79. The van der Waals surface area contributed by atoms with Crippen LogP contribution in [0.1, 0.15) is 13.3 Å². The smallest absolute Gasteiger partial charge is 0.250 e. The van der Waals surface area contributed by atoms with E-state index in [-0.39, 0.29) is 24.0 Å². The zero-order chi connectivity index (χ0) is 11.5. The molecule has 0 aliphatic carbocycles. The largest absolute Gasteiger partial charge is 0.471 e. The van der Waals surface area contributed by atoms with Gasteiger partial charge in [-0.3, -0.25) is 4.79 Å². The average molecular weight is 223 g/mol. The Morgan fingerprint density at radius 3 is 3.25 bits per heavy atom. The standard InChI is InChI=1S/C12H17NO3/c1-3-8-9-5-6-13-11(14)10(9)7-16-12(8)15-4-2/h3,7-9,12H,1,4-6H2,2H3,(H,13,14). The molecule has 1 N–H and O–H groups in total. The number of piperidine rings is 1. The van der Waals surface area contributed by atoms with Crippen molar-refractivity contribution in [3.05, 3.63) is 24.5 Å². The van der Waals surface area contributed by atoms with Crippen molar-refractivity contribution in [1.29, 1.82) is 0 Å². The van der Waals surface area contributed by atoms with Gasteiger partial charge < -0.3 is 14.8 Å². The summed E-state index contributed by atoms with van der Waals surface area (Å²) in [4.78, 5) is 11.6. The van der Waals surface area contributed by atoms with E-state index < -0.39 is 0 Å². The van der Waals surface area contributed by atoms with Gasteiger partial charge in [-0.15, -0.1) is 6.58 Å². The van der Waals surface area contributed by atoms with Crippen LogP contribution in [0.2, 0.25) is 0 Å². The van der Waals surface area contributed by atoms with Crippen LogP contribution in [-0.2, 0) is 14.3 Å². The quantitative estimate of drug-likeness (QED) is 0.731. The Morgan fingerprint density at radius 1 is 1.75 bits per heavy atom. The summed E-state index contributed by atoms with van der Waals surface area (Å²) in [6.45, 7) is 7.05. The van der Waals surface area contributed by atoms with Gasteiger partial charge in [0.25, 0.3) is 5.91 Å². The first-order valence-electron chi connectivity index (χ1n) is 5.65. The molecule has 1 fully saturated rings. The highest BCUT2D eigenvalue weighted by atomic mass is 16.7. The highest BCUT2D eigenvalue weighted by Crippen LogP contribution is 2.35. The van der Waals surface area contributed by atoms with Gasteiger partial charge >= 0.3 is 0 Å². The maximum absolute atomic E-state index is 11.6. The topological polar surface area (TPSA) is 47.6 Å². The molecule has 0 bridgehead atoms. The molecule has 0 saturated carbocycles. The molecule has 16 heavy (non-hydrogen) atoms. The first-order valence-corrected chi connectivity index (χ1v) is 5.65. The number of amides is 1. The SMILES string of the molecule is C=CC1C(OCC)OC=C2C(=O)NCCC21. The predicted molar refractivity (Wildman–Crippen MR) is 59.4 cm³/mol. The summed E-state index contributed by atoms with van der Waals surface area (Å²) in [5, 5.41) is 2.81. The Bertz CT molecular complexity index is 324. The van der Waals surface area contributed by atoms with Crippen LogP contribution in [-0.4, -0.2) is 25.3 Å². The fourth-order valence-corrected chi connectivity index (χ4v) is 2.32. The summed E-state index contributed by atoms with van der Waals surface area (Å²) in [5.41, 5.74) is 0.715. The minimum absolute atomic E-state index is 0.0296. The summed E-state index contributed by atoms with van der Waals surface area (Å²) in [6, 6.07) is 0. The molecule has 4 nitrogen and oxygen atoms in total. The van der Waals surface area contributed by atoms with E-state index >= 15 is 0 Å². The molecule has 0 aromatic rings. The van der Waals surface area contributed by atoms with Gasteiger partial charge in [-0.25, -0.2) is 0 Å². The van der Waals surface area contributed by atoms with Gasteiger partial charge in [0, 0.05) is 25.0 Å². The highest BCUT2D eigenvalue weighted by Gasteiger charge is 2.39. The zero-order valence-corrected chi connectivity index (χ0v) is 9.44. The first kappa shape index (κ1) is 11.2. The third-order valence-electron chi connectivity index (χ3n) is 3.11. The minimum Gasteiger partial charge on any atom is -0.471 e. The monoisotopic (exact) mass is 223 g/mol. The van der Waals surface area contributed by atoms with Gasteiger partial charge in [0.05, 0.1) is 11.8 Å². The van der Waals surface area contributed by atoms with E-state index in [0.29, 0.717) is 18.7 Å². The van der Waals surface area contributed by atoms with Crippen LogP contribution in [0.4, 0.5) is 0 Å². The van der Waals surface area contributed by atoms with Gasteiger partial charge in [-0.05, 0) is 13.3 Å². The fraction of sp³-hybridized carbons (Fsp3) is 0.583. The summed E-state index contributed by atoms with van der Waals surface area (Å²) in [6.07, 6.45) is 3.99. The first-order chi connectivity index (χ1) is 7.77. The van der Waals surface area contributed by atoms with Crippen LogP contribution in [0, 0.1) is 11.8 Å². The number of hydrogen-bond donors (Lipinski definition) is 1. The van der Waals surface area contributed by atoms with Crippen LogP contribution in [0.3, 0.4) is 0 Å². The molecule has 2 aliphatic heterocycles. The normalized spacial score (nSPS) is 33.2. The van der Waals surface area contributed by atoms with Gasteiger partial charge in [0.15, 0.2) is 0 Å². The molecule has 2 heterocycles. The number of nitrogens with one attached hydrogen (secondary N) is 1. The maximum Gasteiger partial charge on any atom is 0.250 e. The molecule has 0 aromatic heterocycles. The summed E-state index contributed by atoms with van der Waals surface area (Å²) in [5.74, 6) is 0.209. The molecule has 3 atom stereocenters. The summed E-state index contributed by atoms with van der Waals surface area (Å²) < 4.78 is 10.9. The molecule has 1 amide bonds. The van der Waals surface area contributed by atoms with Crippen molar-refractivity contribution in [3.63, 3.8) is 0 Å². The van der Waals surface area contributed by atoms with Crippen LogP contribution < -0.4 is 5.32 Å². The second-order valence-electron chi connectivity index (χ2n) is 4.00. The Kier molecular flexibility index (Phi) is 3.29. The molecule has 1 saturated heterocycles. The maximum atomic E-state index is 11.6. The van der Waals surface area contributed by atoms with Crippen LogP contribution >= 0.6 is 0 Å². The number of fused-ring (bicyclic) bond motifs is 1.